The minimum atomic E-state index is 0.547. The summed E-state index contributed by atoms with van der Waals surface area (Å²) in [6.45, 7) is 0. The molecule has 23 heavy (non-hydrogen) atoms. The van der Waals surface area contributed by atoms with E-state index in [9.17, 15) is 0 Å². The fraction of sp³-hybridized carbons (Fsp3) is 0.0556. The monoisotopic (exact) mass is 388 g/mol. The van der Waals surface area contributed by atoms with Gasteiger partial charge in [0.15, 0.2) is 0 Å². The molecule has 0 saturated heterocycles. The Morgan fingerprint density at radius 3 is 2.61 bits per heavy atom. The lowest BCUT2D eigenvalue weighted by Crippen LogP contribution is -1.97. The van der Waals surface area contributed by atoms with Crippen molar-refractivity contribution >= 4 is 39.4 Å². The van der Waals surface area contributed by atoms with Crippen LogP contribution in [0.2, 0.25) is 5.02 Å². The Kier molecular flexibility index (Phi) is 4.84. The summed E-state index contributed by atoms with van der Waals surface area (Å²) in [6, 6.07) is 17.6. The first-order chi connectivity index (χ1) is 11.2. The van der Waals surface area contributed by atoms with Crippen LogP contribution in [0.5, 0.6) is 5.75 Å². The van der Waals surface area contributed by atoms with Gasteiger partial charge in [-0.1, -0.05) is 27.5 Å². The second-order valence-electron chi connectivity index (χ2n) is 4.86. The Morgan fingerprint density at radius 2 is 1.91 bits per heavy atom. The number of aliphatic imine (C=N–C) groups is 1. The maximum atomic E-state index is 6.12. The third kappa shape index (κ3) is 3.66. The summed E-state index contributed by atoms with van der Waals surface area (Å²) in [4.78, 5) is 4.49. The number of aromatic nitrogens is 1. The average molecular weight is 390 g/mol. The maximum absolute atomic E-state index is 6.12. The van der Waals surface area contributed by atoms with Crippen LogP contribution < -0.4 is 4.74 Å². The summed E-state index contributed by atoms with van der Waals surface area (Å²) in [6.07, 6.45) is 3.83. The molecular formula is C18H14BrClN2O. The van der Waals surface area contributed by atoms with Crippen LogP contribution >= 0.6 is 27.5 Å². The minimum absolute atomic E-state index is 0.547. The summed E-state index contributed by atoms with van der Waals surface area (Å²) in [5.74, 6) is 0.642. The summed E-state index contributed by atoms with van der Waals surface area (Å²) in [5.41, 5.74) is 2.84. The molecule has 0 radical (unpaired) electrons. The summed E-state index contributed by atoms with van der Waals surface area (Å²) in [7, 11) is 1.59. The van der Waals surface area contributed by atoms with Gasteiger partial charge >= 0.3 is 0 Å². The lowest BCUT2D eigenvalue weighted by molar-refractivity contribution is 0.415. The molecule has 0 aliphatic carbocycles. The standard InChI is InChI=1S/C18H14BrClN2O/c1-23-18-9-6-14(11-17(18)20)21-12-16-3-2-10-22(16)15-7-4-13(19)5-8-15/h2-12H,1H3. The fourth-order valence-electron chi connectivity index (χ4n) is 2.21. The molecule has 0 spiro atoms. The minimum Gasteiger partial charge on any atom is -0.495 e. The van der Waals surface area contributed by atoms with Gasteiger partial charge in [-0.3, -0.25) is 4.99 Å². The van der Waals surface area contributed by atoms with Crippen LogP contribution in [-0.2, 0) is 0 Å². The Bertz CT molecular complexity index is 840. The molecule has 0 aliphatic heterocycles. The first kappa shape index (κ1) is 15.8. The molecule has 5 heteroatoms. The van der Waals surface area contributed by atoms with Crippen molar-refractivity contribution in [1.29, 1.82) is 0 Å². The lowest BCUT2D eigenvalue weighted by Gasteiger charge is -2.06. The van der Waals surface area contributed by atoms with Gasteiger partial charge in [0.25, 0.3) is 0 Å². The molecule has 0 fully saturated rings. The van der Waals surface area contributed by atoms with Crippen molar-refractivity contribution < 1.29 is 4.74 Å². The molecule has 2 aromatic carbocycles. The number of methoxy groups -OCH3 is 1. The van der Waals surface area contributed by atoms with E-state index in [2.05, 4.69) is 25.5 Å². The lowest BCUT2D eigenvalue weighted by atomic mass is 10.3. The molecule has 0 bridgehead atoms. The molecule has 0 aliphatic rings. The van der Waals surface area contributed by atoms with Crippen molar-refractivity contribution in [3.05, 3.63) is 76.0 Å². The highest BCUT2D eigenvalue weighted by atomic mass is 79.9. The second kappa shape index (κ2) is 7.02. The number of rotatable bonds is 4. The summed E-state index contributed by atoms with van der Waals surface area (Å²) >= 11 is 9.57. The quantitative estimate of drug-likeness (QED) is 0.529. The molecule has 1 aromatic heterocycles. The number of halogens is 2. The maximum Gasteiger partial charge on any atom is 0.137 e. The smallest absolute Gasteiger partial charge is 0.137 e. The fourth-order valence-corrected chi connectivity index (χ4v) is 2.73. The molecule has 3 nitrogen and oxygen atoms in total. The molecule has 0 saturated carbocycles. The van der Waals surface area contributed by atoms with E-state index in [1.54, 1.807) is 13.2 Å². The van der Waals surface area contributed by atoms with Crippen molar-refractivity contribution in [2.45, 2.75) is 0 Å². The van der Waals surface area contributed by atoms with Crippen LogP contribution in [0.4, 0.5) is 5.69 Å². The van der Waals surface area contributed by atoms with E-state index in [-0.39, 0.29) is 0 Å². The van der Waals surface area contributed by atoms with Crippen molar-refractivity contribution in [2.24, 2.45) is 4.99 Å². The van der Waals surface area contributed by atoms with E-state index in [1.165, 1.54) is 0 Å². The molecule has 0 amide bonds. The number of hydrogen-bond donors (Lipinski definition) is 0. The Labute approximate surface area is 148 Å². The van der Waals surface area contributed by atoms with Crippen LogP contribution in [0.1, 0.15) is 5.69 Å². The predicted octanol–water partition coefficient (Wildman–Crippen LogP) is 5.65. The van der Waals surface area contributed by atoms with Crippen LogP contribution in [0.25, 0.3) is 5.69 Å². The van der Waals surface area contributed by atoms with Gasteiger partial charge in [-0.15, -0.1) is 0 Å². The molecule has 3 aromatic rings. The van der Waals surface area contributed by atoms with Crippen molar-refractivity contribution in [1.82, 2.24) is 4.57 Å². The number of ether oxygens (including phenoxy) is 1. The number of benzene rings is 2. The SMILES string of the molecule is COc1ccc(N=Cc2cccn2-c2ccc(Br)cc2)cc1Cl. The third-order valence-corrected chi connectivity index (χ3v) is 4.19. The van der Waals surface area contributed by atoms with E-state index in [0.717, 1.165) is 21.5 Å². The molecular weight excluding hydrogens is 376 g/mol. The number of hydrogen-bond acceptors (Lipinski definition) is 2. The van der Waals surface area contributed by atoms with Gasteiger partial charge in [-0.25, -0.2) is 0 Å². The van der Waals surface area contributed by atoms with E-state index < -0.39 is 0 Å². The van der Waals surface area contributed by atoms with Gasteiger partial charge < -0.3 is 9.30 Å². The van der Waals surface area contributed by atoms with Gasteiger partial charge in [-0.2, -0.15) is 0 Å². The van der Waals surface area contributed by atoms with Crippen molar-refractivity contribution in [3.8, 4) is 11.4 Å². The highest BCUT2D eigenvalue weighted by Gasteiger charge is 2.03. The highest BCUT2D eigenvalue weighted by Crippen LogP contribution is 2.28. The van der Waals surface area contributed by atoms with Crippen molar-refractivity contribution in [3.63, 3.8) is 0 Å². The third-order valence-electron chi connectivity index (χ3n) is 3.37. The largest absolute Gasteiger partial charge is 0.495 e. The number of nitrogens with zero attached hydrogens (tertiary/aromatic N) is 2. The normalized spacial score (nSPS) is 11.1. The average Bonchev–Trinajstić information content (AvgIpc) is 3.02. The van der Waals surface area contributed by atoms with Gasteiger partial charge in [0, 0.05) is 16.4 Å². The Hall–Kier alpha value is -2.04. The summed E-state index contributed by atoms with van der Waals surface area (Å²) < 4.78 is 8.27. The highest BCUT2D eigenvalue weighted by molar-refractivity contribution is 9.10. The summed E-state index contributed by atoms with van der Waals surface area (Å²) in [5, 5.41) is 0.547. The second-order valence-corrected chi connectivity index (χ2v) is 6.18. The predicted molar refractivity (Wildman–Crippen MR) is 98.7 cm³/mol. The molecule has 116 valence electrons. The zero-order valence-corrected chi connectivity index (χ0v) is 14.8. The zero-order chi connectivity index (χ0) is 16.2. The zero-order valence-electron chi connectivity index (χ0n) is 12.4. The molecule has 0 unspecified atom stereocenters. The Morgan fingerprint density at radius 1 is 1.13 bits per heavy atom. The van der Waals surface area contributed by atoms with E-state index in [0.29, 0.717) is 10.8 Å². The van der Waals surface area contributed by atoms with Gasteiger partial charge in [0.05, 0.1) is 29.7 Å². The van der Waals surface area contributed by atoms with Crippen LogP contribution in [0, 0.1) is 0 Å². The van der Waals surface area contributed by atoms with Crippen LogP contribution in [0.3, 0.4) is 0 Å². The van der Waals surface area contributed by atoms with Crippen LogP contribution in [-0.4, -0.2) is 17.9 Å². The Balaban J connectivity index is 1.88. The van der Waals surface area contributed by atoms with Gasteiger partial charge in [-0.05, 0) is 54.6 Å². The van der Waals surface area contributed by atoms with Crippen LogP contribution in [0.15, 0.2) is 70.3 Å². The molecule has 1 heterocycles. The first-order valence-corrected chi connectivity index (χ1v) is 8.15. The van der Waals surface area contributed by atoms with E-state index in [1.807, 2.05) is 60.9 Å². The van der Waals surface area contributed by atoms with Gasteiger partial charge in [0.1, 0.15) is 5.75 Å². The first-order valence-electron chi connectivity index (χ1n) is 6.98. The molecule has 0 N–H and O–H groups in total. The van der Waals surface area contributed by atoms with Crippen molar-refractivity contribution in [2.75, 3.05) is 7.11 Å². The van der Waals surface area contributed by atoms with E-state index >= 15 is 0 Å². The molecule has 3 rings (SSSR count). The van der Waals surface area contributed by atoms with Gasteiger partial charge in [0.2, 0.25) is 0 Å². The van der Waals surface area contributed by atoms with E-state index in [4.69, 9.17) is 16.3 Å². The molecule has 0 atom stereocenters. The topological polar surface area (TPSA) is 26.5 Å².